The molecule has 2 aliphatic carbocycles. The summed E-state index contributed by atoms with van der Waals surface area (Å²) in [6.45, 7) is 13.7. The highest BCUT2D eigenvalue weighted by atomic mass is 14.7. The van der Waals surface area contributed by atoms with Gasteiger partial charge < -0.3 is 0 Å². The largest absolute Gasteiger partial charge is 0.260 e. The monoisotopic (exact) mass is 926 g/mol. The van der Waals surface area contributed by atoms with Crippen molar-refractivity contribution in [2.75, 3.05) is 0 Å². The van der Waals surface area contributed by atoms with E-state index in [4.69, 9.17) is 9.97 Å². The van der Waals surface area contributed by atoms with Crippen LogP contribution in [0.25, 0.3) is 33.4 Å². The molecular weight excluding hydrogens is 869 g/mol. The summed E-state index contributed by atoms with van der Waals surface area (Å²) in [6.07, 6.45) is 3.89. The summed E-state index contributed by atoms with van der Waals surface area (Å²) in [7, 11) is 0. The van der Waals surface area contributed by atoms with Gasteiger partial charge in [0.2, 0.25) is 0 Å². The number of hydrogen-bond acceptors (Lipinski definition) is 2. The highest BCUT2D eigenvalue weighted by Gasteiger charge is 2.49. The average Bonchev–Trinajstić information content (AvgIpc) is 3.89. The fraction of sp³-hybridized carbons (Fsp3) is 0.143. The number of fused-ring (bicyclic) bond motifs is 6. The van der Waals surface area contributed by atoms with E-state index in [0.29, 0.717) is 0 Å². The van der Waals surface area contributed by atoms with Crippen LogP contribution in [0.4, 0.5) is 0 Å². The maximum absolute atomic E-state index is 5.24. The lowest BCUT2D eigenvalue weighted by Crippen LogP contribution is -2.30. The van der Waals surface area contributed by atoms with Gasteiger partial charge in [0.25, 0.3) is 0 Å². The van der Waals surface area contributed by atoms with Crippen molar-refractivity contribution < 1.29 is 0 Å². The predicted octanol–water partition coefficient (Wildman–Crippen LogP) is 16.8. The predicted molar refractivity (Wildman–Crippen MR) is 298 cm³/mol. The molecule has 0 spiro atoms. The molecule has 0 saturated carbocycles. The highest BCUT2D eigenvalue weighted by molar-refractivity contribution is 6.05. The third kappa shape index (κ3) is 7.07. The molecule has 0 radical (unpaired) electrons. The summed E-state index contributed by atoms with van der Waals surface area (Å²) in [5.74, 6) is 0. The standard InChI is InChI=1S/C70H58N2/c1-67(2,3)51-39-35-47(36-40-51)65(48-37-41-52(42-38-48)68(4,5)6)66(49-21-19-23-53(45-49)69(63-33-15-17-43-71-63)59-29-11-7-25-55(59)56-26-8-12-30-60(56)69)50-22-20-24-54(46-50)70(64-34-16-18-44-72-64)61-31-13-9-27-57(61)58-28-10-14-32-62(58)70/h7-46H,1-6H3. The summed E-state index contributed by atoms with van der Waals surface area (Å²) < 4.78 is 0. The maximum Gasteiger partial charge on any atom is 0.0886 e. The van der Waals surface area contributed by atoms with E-state index >= 15 is 0 Å². The Bertz CT molecular complexity index is 3340. The Labute approximate surface area is 425 Å². The van der Waals surface area contributed by atoms with Crippen LogP contribution in [0.2, 0.25) is 0 Å². The van der Waals surface area contributed by atoms with E-state index in [-0.39, 0.29) is 10.8 Å². The van der Waals surface area contributed by atoms with Gasteiger partial charge in [-0.3, -0.25) is 9.97 Å². The maximum atomic E-state index is 5.24. The third-order valence-electron chi connectivity index (χ3n) is 15.5. The van der Waals surface area contributed by atoms with Crippen LogP contribution in [0, 0.1) is 0 Å². The molecule has 2 heterocycles. The molecule has 0 atom stereocenters. The van der Waals surface area contributed by atoms with Gasteiger partial charge in [0.1, 0.15) is 0 Å². The summed E-state index contributed by atoms with van der Waals surface area (Å²) in [6, 6.07) is 85.9. The van der Waals surface area contributed by atoms with Gasteiger partial charge in [-0.05, 0) is 147 Å². The van der Waals surface area contributed by atoms with Crippen LogP contribution in [0.1, 0.15) is 120 Å². The number of aromatic nitrogens is 2. The van der Waals surface area contributed by atoms with E-state index in [1.54, 1.807) is 0 Å². The number of benzene rings is 8. The summed E-state index contributed by atoms with van der Waals surface area (Å²) >= 11 is 0. The molecular formula is C70H58N2. The topological polar surface area (TPSA) is 25.8 Å². The molecule has 0 fully saturated rings. The molecule has 348 valence electrons. The number of pyridine rings is 2. The average molecular weight is 927 g/mol. The lowest BCUT2D eigenvalue weighted by molar-refractivity contribution is 0.590. The van der Waals surface area contributed by atoms with Gasteiger partial charge in [-0.15, -0.1) is 0 Å². The molecule has 2 aliphatic rings. The van der Waals surface area contributed by atoms with Gasteiger partial charge in [0, 0.05) is 12.4 Å². The molecule has 10 aromatic rings. The van der Waals surface area contributed by atoms with Gasteiger partial charge >= 0.3 is 0 Å². The molecule has 72 heavy (non-hydrogen) atoms. The van der Waals surface area contributed by atoms with E-state index in [9.17, 15) is 0 Å². The first-order valence-electron chi connectivity index (χ1n) is 25.4. The molecule has 0 saturated heterocycles. The van der Waals surface area contributed by atoms with Crippen LogP contribution in [0.3, 0.4) is 0 Å². The molecule has 0 bridgehead atoms. The minimum Gasteiger partial charge on any atom is -0.260 e. The van der Waals surface area contributed by atoms with Gasteiger partial charge in [0.05, 0.1) is 22.2 Å². The second-order valence-electron chi connectivity index (χ2n) is 21.7. The molecule has 12 rings (SSSR count). The Morgan fingerprint density at radius 1 is 0.306 bits per heavy atom. The Hall–Kier alpha value is -8.20. The molecule has 2 aromatic heterocycles. The SMILES string of the molecule is CC(C)(C)c1ccc(C(=C(c2cccc(C3(c4ccccn4)c4ccccc4-c4ccccc43)c2)c2cccc(C3(c4ccccn4)c4ccccc4-c4ccccc43)c2)c2ccc(C(C)(C)C)cc2)cc1. The molecule has 0 unspecified atom stereocenters. The second-order valence-corrected chi connectivity index (χ2v) is 21.7. The van der Waals surface area contributed by atoms with Crippen LogP contribution < -0.4 is 0 Å². The highest BCUT2D eigenvalue weighted by Crippen LogP contribution is 2.58. The first-order chi connectivity index (χ1) is 35.0. The molecule has 8 aromatic carbocycles. The fourth-order valence-electron chi connectivity index (χ4n) is 12.1. The third-order valence-corrected chi connectivity index (χ3v) is 15.5. The lowest BCUT2D eigenvalue weighted by atomic mass is 9.68. The molecule has 0 amide bonds. The van der Waals surface area contributed by atoms with Crippen molar-refractivity contribution in [3.05, 3.63) is 321 Å². The van der Waals surface area contributed by atoms with E-state index < -0.39 is 10.8 Å². The van der Waals surface area contributed by atoms with Crippen LogP contribution in [-0.2, 0) is 21.7 Å². The van der Waals surface area contributed by atoms with Crippen LogP contribution >= 0.6 is 0 Å². The first-order valence-corrected chi connectivity index (χ1v) is 25.4. The zero-order chi connectivity index (χ0) is 49.2. The quantitative estimate of drug-likeness (QED) is 0.142. The smallest absolute Gasteiger partial charge is 0.0886 e. The number of nitrogens with zero attached hydrogens (tertiary/aromatic N) is 2. The summed E-state index contributed by atoms with van der Waals surface area (Å²) in [5, 5.41) is 0. The van der Waals surface area contributed by atoms with Gasteiger partial charge in [-0.2, -0.15) is 0 Å². The molecule has 0 aliphatic heterocycles. The Kier molecular flexibility index (Phi) is 10.8. The Morgan fingerprint density at radius 3 is 0.944 bits per heavy atom. The first kappa shape index (κ1) is 45.0. The van der Waals surface area contributed by atoms with Crippen molar-refractivity contribution in [3.63, 3.8) is 0 Å². The van der Waals surface area contributed by atoms with Crippen LogP contribution in [0.5, 0.6) is 0 Å². The van der Waals surface area contributed by atoms with Crippen LogP contribution in [0.15, 0.2) is 243 Å². The van der Waals surface area contributed by atoms with E-state index in [0.717, 1.165) is 39.2 Å². The zero-order valence-corrected chi connectivity index (χ0v) is 42.0. The normalized spacial score (nSPS) is 13.9. The van der Waals surface area contributed by atoms with E-state index in [1.165, 1.54) is 72.3 Å². The van der Waals surface area contributed by atoms with Crippen molar-refractivity contribution in [1.82, 2.24) is 9.97 Å². The molecule has 2 heteroatoms. The fourth-order valence-corrected chi connectivity index (χ4v) is 12.1. The van der Waals surface area contributed by atoms with Gasteiger partial charge in [0.15, 0.2) is 0 Å². The second kappa shape index (κ2) is 17.3. The van der Waals surface area contributed by atoms with Crippen molar-refractivity contribution in [1.29, 1.82) is 0 Å². The number of rotatable bonds is 8. The number of hydrogen-bond donors (Lipinski definition) is 0. The van der Waals surface area contributed by atoms with Crippen LogP contribution in [-0.4, -0.2) is 9.97 Å². The van der Waals surface area contributed by atoms with Crippen molar-refractivity contribution in [3.8, 4) is 22.3 Å². The summed E-state index contributed by atoms with van der Waals surface area (Å²) in [5.41, 5.74) is 22.3. The van der Waals surface area contributed by atoms with Gasteiger partial charge in [-0.1, -0.05) is 236 Å². The van der Waals surface area contributed by atoms with E-state index in [1.807, 2.05) is 24.5 Å². The minimum absolute atomic E-state index is 0.0103. The van der Waals surface area contributed by atoms with Gasteiger partial charge in [-0.25, -0.2) is 0 Å². The molecule has 2 nitrogen and oxygen atoms in total. The lowest BCUT2D eigenvalue weighted by Gasteiger charge is -2.34. The Balaban J connectivity index is 1.20. The Morgan fingerprint density at radius 2 is 0.625 bits per heavy atom. The van der Waals surface area contributed by atoms with Crippen molar-refractivity contribution in [2.24, 2.45) is 0 Å². The van der Waals surface area contributed by atoms with Crippen molar-refractivity contribution >= 4 is 11.1 Å². The summed E-state index contributed by atoms with van der Waals surface area (Å²) in [4.78, 5) is 10.5. The van der Waals surface area contributed by atoms with Crippen molar-refractivity contribution in [2.45, 2.75) is 63.2 Å². The van der Waals surface area contributed by atoms with E-state index in [2.05, 4.69) is 260 Å². The minimum atomic E-state index is -0.680. The molecule has 0 N–H and O–H groups in total. The zero-order valence-electron chi connectivity index (χ0n) is 42.0.